The Morgan fingerprint density at radius 3 is 2.44 bits per heavy atom. The molecule has 2 unspecified atom stereocenters. The molecule has 6 rings (SSSR count). The van der Waals surface area contributed by atoms with Crippen LogP contribution in [0.4, 0.5) is 11.4 Å². The average molecular weight is 702 g/mol. The Hall–Kier alpha value is -3.76. The van der Waals surface area contributed by atoms with Gasteiger partial charge in [0.15, 0.2) is 6.61 Å². The summed E-state index contributed by atoms with van der Waals surface area (Å²) in [4.78, 5) is 56.6. The first-order chi connectivity index (χ1) is 20.5. The van der Waals surface area contributed by atoms with Crippen LogP contribution in [0.25, 0.3) is 0 Å². The zero-order chi connectivity index (χ0) is 30.5. The summed E-state index contributed by atoms with van der Waals surface area (Å²) in [6.07, 6.45) is 0. The van der Waals surface area contributed by atoms with Gasteiger partial charge in [0.2, 0.25) is 21.8 Å². The highest BCUT2D eigenvalue weighted by atomic mass is 79.9. The van der Waals surface area contributed by atoms with Crippen LogP contribution in [-0.2, 0) is 24.4 Å². The molecular formula is C28H21BrN4O7S3. The number of aromatic amines is 1. The van der Waals surface area contributed by atoms with E-state index in [2.05, 4.69) is 26.2 Å². The topological polar surface area (TPSA) is 169 Å². The number of thioether (sulfide) groups is 1. The monoisotopic (exact) mass is 700 g/mol. The summed E-state index contributed by atoms with van der Waals surface area (Å²) in [5.41, 5.74) is 1.48. The van der Waals surface area contributed by atoms with E-state index in [0.717, 1.165) is 15.8 Å². The number of primary sulfonamides is 1. The van der Waals surface area contributed by atoms with Crippen molar-refractivity contribution >= 4 is 78.1 Å². The summed E-state index contributed by atoms with van der Waals surface area (Å²) in [6, 6.07) is 19.2. The number of halogens is 1. The number of hydrogen-bond acceptors (Lipinski definition) is 9. The molecule has 2 aliphatic heterocycles. The number of imide groups is 1. The predicted molar refractivity (Wildman–Crippen MR) is 165 cm³/mol. The molecule has 2 aliphatic rings. The molecule has 1 saturated heterocycles. The maximum Gasteiger partial charge on any atom is 0.305 e. The molecular weight excluding hydrogens is 680 g/mol. The fourth-order valence-corrected chi connectivity index (χ4v) is 8.39. The fourth-order valence-electron chi connectivity index (χ4n) is 5.09. The molecule has 4 N–H and O–H groups in total. The van der Waals surface area contributed by atoms with Crippen molar-refractivity contribution in [3.8, 4) is 5.75 Å². The van der Waals surface area contributed by atoms with Crippen LogP contribution < -0.4 is 25.0 Å². The van der Waals surface area contributed by atoms with Gasteiger partial charge < -0.3 is 15.0 Å². The molecule has 220 valence electrons. The van der Waals surface area contributed by atoms with Crippen molar-refractivity contribution < 1.29 is 27.5 Å². The van der Waals surface area contributed by atoms with Crippen molar-refractivity contribution in [2.45, 2.75) is 21.1 Å². The smallest absolute Gasteiger partial charge is 0.305 e. The summed E-state index contributed by atoms with van der Waals surface area (Å²) in [5.74, 6) is -2.23. The first kappa shape index (κ1) is 29.3. The number of thiazole rings is 1. The van der Waals surface area contributed by atoms with Crippen LogP contribution in [0.5, 0.6) is 5.75 Å². The summed E-state index contributed by atoms with van der Waals surface area (Å²) < 4.78 is 29.4. The Labute approximate surface area is 261 Å². The number of benzene rings is 3. The van der Waals surface area contributed by atoms with Gasteiger partial charge in [0, 0.05) is 21.0 Å². The number of anilines is 2. The van der Waals surface area contributed by atoms with E-state index in [1.807, 2.05) is 0 Å². The van der Waals surface area contributed by atoms with E-state index in [-0.39, 0.29) is 28.2 Å². The van der Waals surface area contributed by atoms with Crippen LogP contribution in [0, 0.1) is 5.92 Å². The van der Waals surface area contributed by atoms with Gasteiger partial charge in [-0.05, 0) is 66.2 Å². The van der Waals surface area contributed by atoms with E-state index < -0.39 is 33.0 Å². The molecule has 0 bridgehead atoms. The first-order valence-corrected chi connectivity index (χ1v) is 16.7. The number of nitrogens with two attached hydrogens (primary N) is 1. The number of aromatic nitrogens is 1. The van der Waals surface area contributed by atoms with Crippen LogP contribution in [0.15, 0.2) is 92.0 Å². The van der Waals surface area contributed by atoms with Crippen LogP contribution in [0.1, 0.15) is 16.4 Å². The highest BCUT2D eigenvalue weighted by molar-refractivity contribution is 9.10. The van der Waals surface area contributed by atoms with Crippen molar-refractivity contribution in [1.82, 2.24) is 4.98 Å². The Bertz CT molecular complexity index is 1920. The maximum absolute atomic E-state index is 13.9. The van der Waals surface area contributed by atoms with Crippen molar-refractivity contribution in [2.24, 2.45) is 11.1 Å². The molecule has 0 saturated carbocycles. The van der Waals surface area contributed by atoms with Crippen molar-refractivity contribution in [3.63, 3.8) is 0 Å². The molecule has 1 fully saturated rings. The highest BCUT2D eigenvalue weighted by Gasteiger charge is 2.56. The van der Waals surface area contributed by atoms with E-state index >= 15 is 0 Å². The predicted octanol–water partition coefficient (Wildman–Crippen LogP) is 3.66. The van der Waals surface area contributed by atoms with Gasteiger partial charge >= 0.3 is 4.87 Å². The third kappa shape index (κ3) is 5.78. The summed E-state index contributed by atoms with van der Waals surface area (Å²) in [5, 5.41) is 7.54. The molecule has 15 heteroatoms. The van der Waals surface area contributed by atoms with Crippen LogP contribution in [-0.4, -0.2) is 43.0 Å². The normalized spacial score (nSPS) is 19.6. The van der Waals surface area contributed by atoms with Gasteiger partial charge in [-0.15, -0.1) is 0 Å². The zero-order valence-corrected chi connectivity index (χ0v) is 25.9. The van der Waals surface area contributed by atoms with Crippen LogP contribution >= 0.6 is 39.0 Å². The molecule has 11 nitrogen and oxygen atoms in total. The van der Waals surface area contributed by atoms with E-state index in [9.17, 15) is 27.6 Å². The molecule has 3 aromatic carbocycles. The van der Waals surface area contributed by atoms with E-state index in [0.29, 0.717) is 32.6 Å². The Morgan fingerprint density at radius 1 is 1.02 bits per heavy atom. The second-order valence-electron chi connectivity index (χ2n) is 9.72. The third-order valence-electron chi connectivity index (χ3n) is 6.96. The SMILES string of the molecule is NS(=O)(=O)c1ccc(NC(=O)COc2cccc([C@H]3c4sc(=O)[nH]c4SC4C(=O)N(c5ccc(Br)cc5)C(=O)C43)c2)cc1. The Kier molecular flexibility index (Phi) is 7.76. The average Bonchev–Trinajstić information content (AvgIpc) is 3.46. The van der Waals surface area contributed by atoms with Gasteiger partial charge in [-0.3, -0.25) is 19.2 Å². The number of carbonyl (C=O) groups excluding carboxylic acids is 3. The minimum Gasteiger partial charge on any atom is -0.484 e. The number of nitrogens with one attached hydrogen (secondary N) is 2. The lowest BCUT2D eigenvalue weighted by molar-refractivity contribution is -0.122. The second-order valence-corrected chi connectivity index (χ2v) is 14.4. The quantitative estimate of drug-likeness (QED) is 0.246. The number of sulfonamides is 1. The number of carbonyl (C=O) groups is 3. The molecule has 0 aliphatic carbocycles. The zero-order valence-electron chi connectivity index (χ0n) is 21.9. The van der Waals surface area contributed by atoms with Gasteiger partial charge in [-0.1, -0.05) is 51.2 Å². The third-order valence-corrected chi connectivity index (χ3v) is 10.8. The molecule has 0 spiro atoms. The van der Waals surface area contributed by atoms with Gasteiger partial charge in [0.1, 0.15) is 11.0 Å². The Morgan fingerprint density at radius 2 is 1.74 bits per heavy atom. The standard InChI is InChI=1S/C28H21BrN4O7S3/c29-15-4-8-17(9-5-15)33-26(35)22-21(23-25(32-28(37)42-23)41-24(22)27(33)36)14-2-1-3-18(12-14)40-13-20(34)31-16-6-10-19(11-7-16)43(30,38)39/h1-12,21-22,24H,13H2,(H,31,34)(H,32,37)(H2,30,38,39)/t21-,22?,24?/m1/s1. The molecule has 0 radical (unpaired) electrons. The summed E-state index contributed by atoms with van der Waals surface area (Å²) in [6.45, 7) is -0.357. The molecule has 1 aromatic heterocycles. The molecule has 3 heterocycles. The van der Waals surface area contributed by atoms with Crippen LogP contribution in [0.2, 0.25) is 0 Å². The number of ether oxygens (including phenoxy) is 1. The first-order valence-electron chi connectivity index (χ1n) is 12.7. The van der Waals surface area contributed by atoms with E-state index in [4.69, 9.17) is 9.88 Å². The lowest BCUT2D eigenvalue weighted by Gasteiger charge is -2.30. The van der Waals surface area contributed by atoms with Gasteiger partial charge in [-0.2, -0.15) is 0 Å². The maximum atomic E-state index is 13.9. The second kappa shape index (κ2) is 11.4. The molecule has 3 amide bonds. The fraction of sp³-hybridized carbons (Fsp3) is 0.143. The minimum atomic E-state index is -3.86. The molecule has 3 atom stereocenters. The number of nitrogens with zero attached hydrogens (tertiary/aromatic N) is 1. The number of fused-ring (bicyclic) bond motifs is 2. The minimum absolute atomic E-state index is 0.0834. The van der Waals surface area contributed by atoms with E-state index in [1.54, 1.807) is 48.5 Å². The van der Waals surface area contributed by atoms with Gasteiger partial charge in [0.25, 0.3) is 5.91 Å². The van der Waals surface area contributed by atoms with Crippen molar-refractivity contribution in [3.05, 3.63) is 97.4 Å². The number of H-pyrrole nitrogens is 1. The van der Waals surface area contributed by atoms with Crippen molar-refractivity contribution in [2.75, 3.05) is 16.8 Å². The molecule has 4 aromatic rings. The largest absolute Gasteiger partial charge is 0.484 e. The highest BCUT2D eigenvalue weighted by Crippen LogP contribution is 2.53. The van der Waals surface area contributed by atoms with Gasteiger partial charge in [0.05, 0.1) is 21.5 Å². The molecule has 43 heavy (non-hydrogen) atoms. The number of hydrogen-bond donors (Lipinski definition) is 3. The van der Waals surface area contributed by atoms with Crippen LogP contribution in [0.3, 0.4) is 0 Å². The summed E-state index contributed by atoms with van der Waals surface area (Å²) in [7, 11) is -3.86. The van der Waals surface area contributed by atoms with E-state index in [1.165, 1.54) is 40.9 Å². The Balaban J connectivity index is 1.24. The lowest BCUT2D eigenvalue weighted by atomic mass is 9.83. The lowest BCUT2D eigenvalue weighted by Crippen LogP contribution is -2.32. The summed E-state index contributed by atoms with van der Waals surface area (Å²) >= 11 is 5.57. The van der Waals surface area contributed by atoms with Crippen molar-refractivity contribution in [1.29, 1.82) is 0 Å². The number of amides is 3. The number of rotatable bonds is 7. The van der Waals surface area contributed by atoms with Gasteiger partial charge in [-0.25, -0.2) is 18.5 Å².